The first-order valence-electron chi connectivity index (χ1n) is 8.10. The van der Waals surface area contributed by atoms with E-state index < -0.39 is 0 Å². The van der Waals surface area contributed by atoms with E-state index in [1.54, 1.807) is 17.9 Å². The van der Waals surface area contributed by atoms with E-state index in [-0.39, 0.29) is 29.9 Å². The third-order valence-electron chi connectivity index (χ3n) is 3.99. The molecule has 1 amide bonds. The molecule has 1 aliphatic heterocycles. The summed E-state index contributed by atoms with van der Waals surface area (Å²) in [6.45, 7) is 2.82. The Labute approximate surface area is 135 Å². The molecule has 1 aromatic rings. The molecule has 0 spiro atoms. The smallest absolute Gasteiger partial charge is 0.307 e. The van der Waals surface area contributed by atoms with Crippen LogP contribution in [0.4, 0.5) is 0 Å². The van der Waals surface area contributed by atoms with E-state index in [1.807, 2.05) is 0 Å². The van der Waals surface area contributed by atoms with E-state index in [4.69, 9.17) is 4.74 Å². The summed E-state index contributed by atoms with van der Waals surface area (Å²) in [5.41, 5.74) is 0.419. The first kappa shape index (κ1) is 17.2. The number of likely N-dealkylation sites (tertiary alicyclic amines) is 1. The number of esters is 1. The highest BCUT2D eigenvalue weighted by Gasteiger charge is 2.28. The van der Waals surface area contributed by atoms with Gasteiger partial charge in [0.05, 0.1) is 18.7 Å². The molecule has 7 nitrogen and oxygen atoms in total. The molecule has 7 heteroatoms. The zero-order chi connectivity index (χ0) is 16.7. The van der Waals surface area contributed by atoms with Gasteiger partial charge in [-0.15, -0.1) is 0 Å². The van der Waals surface area contributed by atoms with Crippen molar-refractivity contribution in [1.29, 1.82) is 0 Å². The largest absolute Gasteiger partial charge is 0.466 e. The Bertz CT molecular complexity index is 579. The van der Waals surface area contributed by atoms with Gasteiger partial charge in [0, 0.05) is 31.5 Å². The number of aromatic nitrogens is 2. The Kier molecular flexibility index (Phi) is 6.31. The van der Waals surface area contributed by atoms with Crippen LogP contribution in [0.15, 0.2) is 16.9 Å². The maximum atomic E-state index is 12.5. The molecule has 0 radical (unpaired) electrons. The van der Waals surface area contributed by atoms with Crippen LogP contribution < -0.4 is 5.56 Å². The number of piperidine rings is 1. The van der Waals surface area contributed by atoms with Crippen LogP contribution in [-0.4, -0.2) is 46.2 Å². The summed E-state index contributed by atoms with van der Waals surface area (Å²) in [7, 11) is 0. The fourth-order valence-electron chi connectivity index (χ4n) is 2.84. The Morgan fingerprint density at radius 2 is 2.22 bits per heavy atom. The number of nitrogens with zero attached hydrogens (tertiary/aromatic N) is 2. The number of H-pyrrole nitrogens is 1. The normalized spacial score (nSPS) is 17.8. The fourth-order valence-corrected chi connectivity index (χ4v) is 2.84. The Morgan fingerprint density at radius 1 is 1.39 bits per heavy atom. The molecule has 23 heavy (non-hydrogen) atoms. The third kappa shape index (κ3) is 5.19. The van der Waals surface area contributed by atoms with E-state index in [0.29, 0.717) is 31.7 Å². The number of amides is 1. The number of aryl methyl sites for hydroxylation is 1. The molecule has 1 aromatic heterocycles. The number of carbonyl (C=O) groups excluding carboxylic acids is 2. The second-order valence-corrected chi connectivity index (χ2v) is 5.66. The van der Waals surface area contributed by atoms with Gasteiger partial charge in [0.25, 0.3) is 5.56 Å². The predicted octanol–water partition coefficient (Wildman–Crippen LogP) is 1.04. The number of aromatic amines is 1. The van der Waals surface area contributed by atoms with Gasteiger partial charge in [-0.2, -0.15) is 5.10 Å². The summed E-state index contributed by atoms with van der Waals surface area (Å²) in [5.74, 6) is -0.230. The number of hydrogen-bond donors (Lipinski definition) is 1. The molecule has 1 saturated heterocycles. The molecule has 2 rings (SSSR count). The quantitative estimate of drug-likeness (QED) is 0.790. The lowest BCUT2D eigenvalue weighted by Crippen LogP contribution is -2.45. The standard InChI is InChI=1S/C16H23N3O4/c1-2-23-16(22)11-13-5-3-4-10-19(13)15(21)9-7-12-6-8-14(20)18-17-12/h6,8,13H,2-5,7,9-11H2,1H3,(H,18,20)/t13-/m1/s1. The van der Waals surface area contributed by atoms with Crippen LogP contribution in [0.2, 0.25) is 0 Å². The van der Waals surface area contributed by atoms with Crippen LogP contribution in [0.5, 0.6) is 0 Å². The van der Waals surface area contributed by atoms with Gasteiger partial charge < -0.3 is 9.64 Å². The molecule has 1 N–H and O–H groups in total. The van der Waals surface area contributed by atoms with E-state index in [0.717, 1.165) is 19.3 Å². The van der Waals surface area contributed by atoms with Crippen molar-refractivity contribution in [3.05, 3.63) is 28.2 Å². The molecule has 2 heterocycles. The summed E-state index contributed by atoms with van der Waals surface area (Å²) < 4.78 is 4.99. The number of ether oxygens (including phenoxy) is 1. The molecule has 126 valence electrons. The summed E-state index contributed by atoms with van der Waals surface area (Å²) in [6, 6.07) is 2.95. The number of hydrogen-bond acceptors (Lipinski definition) is 5. The van der Waals surface area contributed by atoms with Gasteiger partial charge in [0.15, 0.2) is 0 Å². The first-order chi connectivity index (χ1) is 11.1. The van der Waals surface area contributed by atoms with Crippen molar-refractivity contribution in [3.8, 4) is 0 Å². The van der Waals surface area contributed by atoms with Crippen molar-refractivity contribution in [3.63, 3.8) is 0 Å². The minimum absolute atomic E-state index is 0.0204. The van der Waals surface area contributed by atoms with Gasteiger partial charge in [-0.3, -0.25) is 14.4 Å². The van der Waals surface area contributed by atoms with Gasteiger partial charge >= 0.3 is 5.97 Å². The van der Waals surface area contributed by atoms with E-state index in [9.17, 15) is 14.4 Å². The lowest BCUT2D eigenvalue weighted by molar-refractivity contribution is -0.146. The van der Waals surface area contributed by atoms with Crippen molar-refractivity contribution in [2.45, 2.75) is 51.5 Å². The monoisotopic (exact) mass is 321 g/mol. The zero-order valence-electron chi connectivity index (χ0n) is 13.4. The van der Waals surface area contributed by atoms with Crippen molar-refractivity contribution in [2.75, 3.05) is 13.2 Å². The summed E-state index contributed by atoms with van der Waals surface area (Å²) in [6.07, 6.45) is 3.87. The van der Waals surface area contributed by atoms with Crippen molar-refractivity contribution in [1.82, 2.24) is 15.1 Å². The summed E-state index contributed by atoms with van der Waals surface area (Å²) in [5, 5.41) is 6.27. The van der Waals surface area contributed by atoms with Gasteiger partial charge in [0.1, 0.15) is 0 Å². The SMILES string of the molecule is CCOC(=O)C[C@H]1CCCCN1C(=O)CCc1ccc(=O)[nH]n1. The first-order valence-corrected chi connectivity index (χ1v) is 8.10. The summed E-state index contributed by atoms with van der Waals surface area (Å²) in [4.78, 5) is 36.9. The minimum Gasteiger partial charge on any atom is -0.466 e. The molecule has 0 bridgehead atoms. The molecule has 0 aromatic carbocycles. The van der Waals surface area contributed by atoms with Gasteiger partial charge in [0.2, 0.25) is 5.91 Å². The molecular weight excluding hydrogens is 298 g/mol. The molecular formula is C16H23N3O4. The molecule has 1 aliphatic rings. The minimum atomic E-state index is -0.259. The molecule has 0 saturated carbocycles. The second kappa shape index (κ2) is 8.45. The highest BCUT2D eigenvalue weighted by atomic mass is 16.5. The van der Waals surface area contributed by atoms with Crippen molar-refractivity contribution < 1.29 is 14.3 Å². The third-order valence-corrected chi connectivity index (χ3v) is 3.99. The van der Waals surface area contributed by atoms with Crippen molar-refractivity contribution >= 4 is 11.9 Å². The van der Waals surface area contributed by atoms with Crippen LogP contribution >= 0.6 is 0 Å². The fraction of sp³-hybridized carbons (Fsp3) is 0.625. The Hall–Kier alpha value is -2.18. The number of rotatable bonds is 6. The van der Waals surface area contributed by atoms with Gasteiger partial charge in [-0.25, -0.2) is 5.10 Å². The molecule has 0 unspecified atom stereocenters. The van der Waals surface area contributed by atoms with Gasteiger partial charge in [-0.1, -0.05) is 0 Å². The van der Waals surface area contributed by atoms with Crippen LogP contribution in [0.3, 0.4) is 0 Å². The highest BCUT2D eigenvalue weighted by molar-refractivity contribution is 5.78. The maximum absolute atomic E-state index is 12.5. The van der Waals surface area contributed by atoms with E-state index in [1.165, 1.54) is 6.07 Å². The zero-order valence-corrected chi connectivity index (χ0v) is 13.4. The highest BCUT2D eigenvalue weighted by Crippen LogP contribution is 2.21. The Balaban J connectivity index is 1.90. The molecule has 1 atom stereocenters. The van der Waals surface area contributed by atoms with Crippen molar-refractivity contribution in [2.24, 2.45) is 0 Å². The molecule has 0 aliphatic carbocycles. The summed E-state index contributed by atoms with van der Waals surface area (Å²) >= 11 is 0. The van der Waals surface area contributed by atoms with Crippen LogP contribution in [0.1, 0.15) is 44.7 Å². The average Bonchev–Trinajstić information content (AvgIpc) is 2.55. The second-order valence-electron chi connectivity index (χ2n) is 5.66. The van der Waals surface area contributed by atoms with E-state index >= 15 is 0 Å². The lowest BCUT2D eigenvalue weighted by Gasteiger charge is -2.35. The lowest BCUT2D eigenvalue weighted by atomic mass is 9.98. The van der Waals surface area contributed by atoms with Crippen LogP contribution in [0, 0.1) is 0 Å². The van der Waals surface area contributed by atoms with Gasteiger partial charge in [-0.05, 0) is 32.3 Å². The average molecular weight is 321 g/mol. The topological polar surface area (TPSA) is 92.4 Å². The molecule has 1 fully saturated rings. The van der Waals surface area contributed by atoms with Crippen LogP contribution in [0.25, 0.3) is 0 Å². The predicted molar refractivity (Wildman–Crippen MR) is 83.8 cm³/mol. The van der Waals surface area contributed by atoms with E-state index in [2.05, 4.69) is 10.2 Å². The Morgan fingerprint density at radius 3 is 2.91 bits per heavy atom. The number of nitrogens with one attached hydrogen (secondary N) is 1. The number of carbonyl (C=O) groups is 2. The maximum Gasteiger partial charge on any atom is 0.307 e. The van der Waals surface area contributed by atoms with Crippen LogP contribution in [-0.2, 0) is 20.7 Å².